The van der Waals surface area contributed by atoms with E-state index in [1.54, 1.807) is 35.9 Å². The maximum atomic E-state index is 12.3. The zero-order chi connectivity index (χ0) is 14.0. The second kappa shape index (κ2) is 5.14. The molecule has 0 bridgehead atoms. The molecule has 0 radical (unpaired) electrons. The SMILES string of the molecule is CC(c1cccc(N)c1)N(C)C(=O)c1ccn(C)n1. The highest BCUT2D eigenvalue weighted by molar-refractivity contribution is 5.92. The summed E-state index contributed by atoms with van der Waals surface area (Å²) in [4.78, 5) is 13.9. The third-order valence-electron chi connectivity index (χ3n) is 3.23. The van der Waals surface area contributed by atoms with Crippen molar-refractivity contribution in [1.82, 2.24) is 14.7 Å². The first-order chi connectivity index (χ1) is 8.99. The van der Waals surface area contributed by atoms with Gasteiger partial charge < -0.3 is 10.6 Å². The van der Waals surface area contributed by atoms with Gasteiger partial charge >= 0.3 is 0 Å². The quantitative estimate of drug-likeness (QED) is 0.854. The molecule has 0 aliphatic rings. The second-order valence-corrected chi connectivity index (χ2v) is 4.64. The van der Waals surface area contributed by atoms with E-state index in [-0.39, 0.29) is 11.9 Å². The van der Waals surface area contributed by atoms with Crippen molar-refractivity contribution in [1.29, 1.82) is 0 Å². The van der Waals surface area contributed by atoms with Crippen LogP contribution in [0, 0.1) is 0 Å². The monoisotopic (exact) mass is 258 g/mol. The fourth-order valence-electron chi connectivity index (χ4n) is 1.93. The molecule has 0 saturated heterocycles. The van der Waals surface area contributed by atoms with Crippen LogP contribution in [0.15, 0.2) is 36.5 Å². The van der Waals surface area contributed by atoms with Gasteiger partial charge in [0.2, 0.25) is 0 Å². The van der Waals surface area contributed by atoms with Crippen LogP contribution in [-0.2, 0) is 7.05 Å². The Morgan fingerprint density at radius 1 is 1.42 bits per heavy atom. The topological polar surface area (TPSA) is 64.2 Å². The number of nitrogens with two attached hydrogens (primary N) is 1. The summed E-state index contributed by atoms with van der Waals surface area (Å²) in [5, 5.41) is 4.13. The number of anilines is 1. The molecule has 1 aromatic carbocycles. The Labute approximate surface area is 112 Å². The van der Waals surface area contributed by atoms with Crippen molar-refractivity contribution in [3.05, 3.63) is 47.8 Å². The standard InChI is InChI=1S/C14H18N4O/c1-10(11-5-4-6-12(15)9-11)18(3)14(19)13-7-8-17(2)16-13/h4-10H,15H2,1-3H3. The van der Waals surface area contributed by atoms with Crippen molar-refractivity contribution in [3.63, 3.8) is 0 Å². The van der Waals surface area contributed by atoms with Crippen LogP contribution >= 0.6 is 0 Å². The minimum atomic E-state index is -0.101. The number of benzene rings is 1. The van der Waals surface area contributed by atoms with Gasteiger partial charge in [-0.2, -0.15) is 5.10 Å². The molecule has 1 unspecified atom stereocenters. The fourth-order valence-corrected chi connectivity index (χ4v) is 1.93. The van der Waals surface area contributed by atoms with Crippen molar-refractivity contribution >= 4 is 11.6 Å². The maximum absolute atomic E-state index is 12.3. The smallest absolute Gasteiger partial charge is 0.274 e. The van der Waals surface area contributed by atoms with E-state index in [1.807, 2.05) is 31.2 Å². The second-order valence-electron chi connectivity index (χ2n) is 4.64. The molecule has 5 nitrogen and oxygen atoms in total. The molecule has 1 amide bonds. The minimum absolute atomic E-state index is 0.0574. The summed E-state index contributed by atoms with van der Waals surface area (Å²) in [5.74, 6) is -0.101. The summed E-state index contributed by atoms with van der Waals surface area (Å²) in [6, 6.07) is 9.22. The molecule has 100 valence electrons. The number of rotatable bonds is 3. The Balaban J connectivity index is 2.19. The largest absolute Gasteiger partial charge is 0.399 e. The average molecular weight is 258 g/mol. The summed E-state index contributed by atoms with van der Waals surface area (Å²) in [6.45, 7) is 1.97. The molecule has 2 aromatic rings. The lowest BCUT2D eigenvalue weighted by Gasteiger charge is -2.24. The van der Waals surface area contributed by atoms with Crippen molar-refractivity contribution < 1.29 is 4.79 Å². The van der Waals surface area contributed by atoms with E-state index in [1.165, 1.54) is 0 Å². The van der Waals surface area contributed by atoms with Crippen molar-refractivity contribution in [2.45, 2.75) is 13.0 Å². The normalized spacial score (nSPS) is 12.2. The Kier molecular flexibility index (Phi) is 3.55. The lowest BCUT2D eigenvalue weighted by atomic mass is 10.1. The van der Waals surface area contributed by atoms with Gasteiger partial charge in [-0.25, -0.2) is 0 Å². The molecule has 1 heterocycles. The lowest BCUT2D eigenvalue weighted by molar-refractivity contribution is 0.0736. The van der Waals surface area contributed by atoms with Crippen LogP contribution in [0.1, 0.15) is 29.0 Å². The van der Waals surface area contributed by atoms with Gasteiger partial charge in [0.05, 0.1) is 6.04 Å². The number of amides is 1. The molecule has 0 aliphatic heterocycles. The van der Waals surface area contributed by atoms with E-state index in [4.69, 9.17) is 5.73 Å². The van der Waals surface area contributed by atoms with Crippen LogP contribution in [0.5, 0.6) is 0 Å². The van der Waals surface area contributed by atoms with Gasteiger partial charge in [-0.3, -0.25) is 9.48 Å². The first-order valence-electron chi connectivity index (χ1n) is 6.11. The van der Waals surface area contributed by atoms with Gasteiger partial charge in [-0.1, -0.05) is 12.1 Å². The molecule has 5 heteroatoms. The number of nitrogens with zero attached hydrogens (tertiary/aromatic N) is 3. The first-order valence-corrected chi connectivity index (χ1v) is 6.11. The summed E-state index contributed by atoms with van der Waals surface area (Å²) >= 11 is 0. The Bertz CT molecular complexity index is 591. The number of nitrogen functional groups attached to an aromatic ring is 1. The van der Waals surface area contributed by atoms with Crippen LogP contribution in [0.4, 0.5) is 5.69 Å². The van der Waals surface area contributed by atoms with Crippen LogP contribution in [0.3, 0.4) is 0 Å². The summed E-state index contributed by atoms with van der Waals surface area (Å²) < 4.78 is 1.62. The summed E-state index contributed by atoms with van der Waals surface area (Å²) in [5.41, 5.74) is 7.92. The van der Waals surface area contributed by atoms with Gasteiger partial charge in [0.1, 0.15) is 5.69 Å². The maximum Gasteiger partial charge on any atom is 0.274 e. The van der Waals surface area contributed by atoms with Crippen molar-refractivity contribution in [3.8, 4) is 0 Å². The molecule has 1 atom stereocenters. The molecule has 2 rings (SSSR count). The molecule has 0 saturated carbocycles. The van der Waals surface area contributed by atoms with Gasteiger partial charge in [0.15, 0.2) is 0 Å². The van der Waals surface area contributed by atoms with Gasteiger partial charge in [0.25, 0.3) is 5.91 Å². The zero-order valence-electron chi connectivity index (χ0n) is 11.4. The molecule has 0 aliphatic carbocycles. The van der Waals surface area contributed by atoms with Crippen molar-refractivity contribution in [2.24, 2.45) is 7.05 Å². The molecule has 0 fully saturated rings. The number of hydrogen-bond donors (Lipinski definition) is 1. The number of aryl methyl sites for hydroxylation is 1. The highest BCUT2D eigenvalue weighted by atomic mass is 16.2. The van der Waals surface area contributed by atoms with E-state index in [0.717, 1.165) is 5.56 Å². The lowest BCUT2D eigenvalue weighted by Crippen LogP contribution is -2.30. The van der Waals surface area contributed by atoms with Gasteiger partial charge in [-0.15, -0.1) is 0 Å². The number of aromatic nitrogens is 2. The molecule has 2 N–H and O–H groups in total. The Morgan fingerprint density at radius 3 is 2.74 bits per heavy atom. The predicted molar refractivity (Wildman–Crippen MR) is 74.6 cm³/mol. The molecule has 19 heavy (non-hydrogen) atoms. The number of carbonyl (C=O) groups is 1. The van der Waals surface area contributed by atoms with Crippen molar-refractivity contribution in [2.75, 3.05) is 12.8 Å². The van der Waals surface area contributed by atoms with Crippen LogP contribution < -0.4 is 5.73 Å². The highest BCUT2D eigenvalue weighted by Gasteiger charge is 2.20. The van der Waals surface area contributed by atoms with E-state index >= 15 is 0 Å². The fraction of sp³-hybridized carbons (Fsp3) is 0.286. The third-order valence-corrected chi connectivity index (χ3v) is 3.23. The Morgan fingerprint density at radius 2 is 2.16 bits per heavy atom. The molecular formula is C14H18N4O. The first kappa shape index (κ1) is 13.1. The van der Waals surface area contributed by atoms with E-state index in [2.05, 4.69) is 5.10 Å². The Hall–Kier alpha value is -2.30. The number of carbonyl (C=O) groups excluding carboxylic acids is 1. The number of hydrogen-bond acceptors (Lipinski definition) is 3. The van der Waals surface area contributed by atoms with Crippen LogP contribution in [0.25, 0.3) is 0 Å². The zero-order valence-corrected chi connectivity index (χ0v) is 11.4. The summed E-state index contributed by atoms with van der Waals surface area (Å²) in [6.07, 6.45) is 1.76. The molecular weight excluding hydrogens is 240 g/mol. The molecule has 0 spiro atoms. The van der Waals surface area contributed by atoms with Gasteiger partial charge in [-0.05, 0) is 30.7 Å². The minimum Gasteiger partial charge on any atom is -0.399 e. The highest BCUT2D eigenvalue weighted by Crippen LogP contribution is 2.21. The van der Waals surface area contributed by atoms with E-state index < -0.39 is 0 Å². The van der Waals surface area contributed by atoms with Crippen LogP contribution in [-0.4, -0.2) is 27.6 Å². The molecule has 1 aromatic heterocycles. The predicted octanol–water partition coefficient (Wildman–Crippen LogP) is 1.84. The summed E-state index contributed by atoms with van der Waals surface area (Å²) in [7, 11) is 3.56. The van der Waals surface area contributed by atoms with Gasteiger partial charge in [0, 0.05) is 26.0 Å². The average Bonchev–Trinajstić information content (AvgIpc) is 2.83. The van der Waals surface area contributed by atoms with E-state index in [9.17, 15) is 4.79 Å². The third kappa shape index (κ3) is 2.76. The van der Waals surface area contributed by atoms with Crippen LogP contribution in [0.2, 0.25) is 0 Å². The van der Waals surface area contributed by atoms with E-state index in [0.29, 0.717) is 11.4 Å².